The fourth-order valence-electron chi connectivity index (χ4n) is 2.02. The van der Waals surface area contributed by atoms with Crippen molar-refractivity contribution in [3.05, 3.63) is 47.9 Å². The molecule has 1 heterocycles. The molecule has 5 nitrogen and oxygen atoms in total. The minimum atomic E-state index is -0.226. The summed E-state index contributed by atoms with van der Waals surface area (Å²) < 4.78 is 0. The highest BCUT2D eigenvalue weighted by Gasteiger charge is 2.11. The normalized spacial score (nSPS) is 10.5. The van der Waals surface area contributed by atoms with E-state index in [9.17, 15) is 4.79 Å². The number of hydrogen-bond donors (Lipinski definition) is 2. The maximum atomic E-state index is 12.3. The van der Waals surface area contributed by atoms with Gasteiger partial charge in [0.1, 0.15) is 17.8 Å². The predicted octanol–water partition coefficient (Wildman–Crippen LogP) is 3.36. The highest BCUT2D eigenvalue weighted by atomic mass is 16.1. The van der Waals surface area contributed by atoms with E-state index in [2.05, 4.69) is 41.4 Å². The summed E-state index contributed by atoms with van der Waals surface area (Å²) in [4.78, 5) is 20.5. The van der Waals surface area contributed by atoms with Crippen LogP contribution in [0, 0.1) is 5.92 Å². The largest absolute Gasteiger partial charge is 0.370 e. The summed E-state index contributed by atoms with van der Waals surface area (Å²) >= 11 is 0. The third-order valence-electron chi connectivity index (χ3n) is 3.24. The van der Waals surface area contributed by atoms with E-state index in [0.717, 1.165) is 24.2 Å². The zero-order valence-corrected chi connectivity index (χ0v) is 13.3. The van der Waals surface area contributed by atoms with Gasteiger partial charge in [0, 0.05) is 18.3 Å². The Balaban J connectivity index is 2.11. The Bertz CT molecular complexity index is 640. The van der Waals surface area contributed by atoms with E-state index >= 15 is 0 Å². The van der Waals surface area contributed by atoms with Crippen LogP contribution in [0.4, 0.5) is 11.5 Å². The lowest BCUT2D eigenvalue weighted by molar-refractivity contribution is 0.102. The van der Waals surface area contributed by atoms with E-state index in [1.54, 1.807) is 6.07 Å². The molecule has 0 spiro atoms. The Hall–Kier alpha value is -2.43. The van der Waals surface area contributed by atoms with Crippen molar-refractivity contribution in [2.75, 3.05) is 17.2 Å². The van der Waals surface area contributed by atoms with Crippen LogP contribution in [0.1, 0.15) is 36.8 Å². The molecule has 0 bridgehead atoms. The van der Waals surface area contributed by atoms with Crippen molar-refractivity contribution in [1.82, 2.24) is 9.97 Å². The molecule has 0 radical (unpaired) electrons. The average molecular weight is 298 g/mol. The molecule has 2 aromatic rings. The van der Waals surface area contributed by atoms with Crippen LogP contribution in [0.2, 0.25) is 0 Å². The number of benzene rings is 1. The third kappa shape index (κ3) is 4.28. The lowest BCUT2D eigenvalue weighted by atomic mass is 10.1. The van der Waals surface area contributed by atoms with Gasteiger partial charge in [-0.1, -0.05) is 39.0 Å². The van der Waals surface area contributed by atoms with E-state index in [0.29, 0.717) is 17.4 Å². The maximum Gasteiger partial charge on any atom is 0.274 e. The predicted molar refractivity (Wildman–Crippen MR) is 89.1 cm³/mol. The summed E-state index contributed by atoms with van der Waals surface area (Å²) in [5.41, 5.74) is 2.28. The van der Waals surface area contributed by atoms with E-state index in [-0.39, 0.29) is 5.91 Å². The topological polar surface area (TPSA) is 66.9 Å². The molecule has 0 aliphatic rings. The van der Waals surface area contributed by atoms with Crippen molar-refractivity contribution < 1.29 is 4.79 Å². The molecule has 2 rings (SSSR count). The molecule has 1 aromatic carbocycles. The lowest BCUT2D eigenvalue weighted by Crippen LogP contribution is -2.16. The van der Waals surface area contributed by atoms with Gasteiger partial charge < -0.3 is 10.6 Å². The molecule has 0 unspecified atom stereocenters. The molecule has 116 valence electrons. The van der Waals surface area contributed by atoms with Crippen molar-refractivity contribution in [3.63, 3.8) is 0 Å². The SMILES string of the molecule is CCc1ccccc1NC(=O)c1cc(NCC(C)C)ncn1. The number of carbonyl (C=O) groups excluding carboxylic acids is 1. The second kappa shape index (κ2) is 7.54. The quantitative estimate of drug-likeness (QED) is 0.858. The van der Waals surface area contributed by atoms with Gasteiger partial charge in [0.25, 0.3) is 5.91 Å². The van der Waals surface area contributed by atoms with E-state index in [4.69, 9.17) is 0 Å². The number of carbonyl (C=O) groups is 1. The summed E-state index contributed by atoms with van der Waals surface area (Å²) in [5.74, 6) is 0.942. The van der Waals surface area contributed by atoms with Gasteiger partial charge in [-0.05, 0) is 24.0 Å². The molecular formula is C17H22N4O. The average Bonchev–Trinajstić information content (AvgIpc) is 2.53. The van der Waals surface area contributed by atoms with Crippen molar-refractivity contribution in [3.8, 4) is 0 Å². The Morgan fingerprint density at radius 2 is 2.00 bits per heavy atom. The second-order valence-electron chi connectivity index (χ2n) is 5.53. The zero-order valence-electron chi connectivity index (χ0n) is 13.3. The standard InChI is InChI=1S/C17H22N4O/c1-4-13-7-5-6-8-14(13)21-17(22)15-9-16(20-11-19-15)18-10-12(2)3/h5-9,11-12H,4,10H2,1-3H3,(H,21,22)(H,18,19,20). The molecule has 22 heavy (non-hydrogen) atoms. The van der Waals surface area contributed by atoms with Crippen LogP contribution in [-0.4, -0.2) is 22.4 Å². The molecule has 2 N–H and O–H groups in total. The maximum absolute atomic E-state index is 12.3. The van der Waals surface area contributed by atoms with Crippen LogP contribution in [0.3, 0.4) is 0 Å². The van der Waals surface area contributed by atoms with Gasteiger partial charge in [-0.25, -0.2) is 9.97 Å². The van der Waals surface area contributed by atoms with Gasteiger partial charge in [-0.15, -0.1) is 0 Å². The molecule has 1 aromatic heterocycles. The fourth-order valence-corrected chi connectivity index (χ4v) is 2.02. The molecule has 0 saturated carbocycles. The highest BCUT2D eigenvalue weighted by Crippen LogP contribution is 2.16. The summed E-state index contributed by atoms with van der Waals surface area (Å²) in [6.45, 7) is 7.09. The highest BCUT2D eigenvalue weighted by molar-refractivity contribution is 6.03. The first kappa shape index (κ1) is 15.9. The van der Waals surface area contributed by atoms with Crippen LogP contribution in [0.5, 0.6) is 0 Å². The second-order valence-corrected chi connectivity index (χ2v) is 5.53. The monoisotopic (exact) mass is 298 g/mol. The summed E-state index contributed by atoms with van der Waals surface area (Å²) in [6, 6.07) is 9.45. The third-order valence-corrected chi connectivity index (χ3v) is 3.24. The summed E-state index contributed by atoms with van der Waals surface area (Å²) in [6.07, 6.45) is 2.27. The minimum Gasteiger partial charge on any atom is -0.370 e. The van der Waals surface area contributed by atoms with Crippen LogP contribution in [0.15, 0.2) is 36.7 Å². The molecule has 0 aliphatic heterocycles. The smallest absolute Gasteiger partial charge is 0.274 e. The number of nitrogens with zero attached hydrogens (tertiary/aromatic N) is 2. The van der Waals surface area contributed by atoms with Crippen molar-refractivity contribution in [2.24, 2.45) is 5.92 Å². The number of para-hydroxylation sites is 1. The molecule has 0 saturated heterocycles. The van der Waals surface area contributed by atoms with Gasteiger partial charge >= 0.3 is 0 Å². The zero-order chi connectivity index (χ0) is 15.9. The minimum absolute atomic E-state index is 0.226. The molecule has 5 heteroatoms. The van der Waals surface area contributed by atoms with Crippen LogP contribution in [0.25, 0.3) is 0 Å². The van der Waals surface area contributed by atoms with Gasteiger partial charge in [-0.3, -0.25) is 4.79 Å². The van der Waals surface area contributed by atoms with Gasteiger partial charge in [-0.2, -0.15) is 0 Å². The number of aryl methyl sites for hydroxylation is 1. The van der Waals surface area contributed by atoms with Crippen LogP contribution >= 0.6 is 0 Å². The lowest BCUT2D eigenvalue weighted by Gasteiger charge is -2.11. The number of rotatable bonds is 6. The molecule has 0 fully saturated rings. The number of amides is 1. The molecule has 0 atom stereocenters. The Morgan fingerprint density at radius 1 is 1.23 bits per heavy atom. The van der Waals surface area contributed by atoms with Crippen molar-refractivity contribution in [1.29, 1.82) is 0 Å². The van der Waals surface area contributed by atoms with Crippen LogP contribution < -0.4 is 10.6 Å². The Morgan fingerprint density at radius 3 is 2.73 bits per heavy atom. The van der Waals surface area contributed by atoms with E-state index in [1.165, 1.54) is 6.33 Å². The molecule has 1 amide bonds. The summed E-state index contributed by atoms with van der Waals surface area (Å²) in [7, 11) is 0. The number of nitrogens with one attached hydrogen (secondary N) is 2. The van der Waals surface area contributed by atoms with Crippen molar-refractivity contribution >= 4 is 17.4 Å². The van der Waals surface area contributed by atoms with Crippen LogP contribution in [-0.2, 0) is 6.42 Å². The van der Waals surface area contributed by atoms with Gasteiger partial charge in [0.15, 0.2) is 0 Å². The first-order valence-electron chi connectivity index (χ1n) is 7.55. The Kier molecular flexibility index (Phi) is 5.47. The van der Waals surface area contributed by atoms with Gasteiger partial charge in [0.05, 0.1) is 0 Å². The first-order valence-corrected chi connectivity index (χ1v) is 7.55. The molecular weight excluding hydrogens is 276 g/mol. The molecule has 0 aliphatic carbocycles. The van der Waals surface area contributed by atoms with Gasteiger partial charge in [0.2, 0.25) is 0 Å². The number of aromatic nitrogens is 2. The van der Waals surface area contributed by atoms with E-state index in [1.807, 2.05) is 24.3 Å². The fraction of sp³-hybridized carbons (Fsp3) is 0.353. The van der Waals surface area contributed by atoms with E-state index < -0.39 is 0 Å². The van der Waals surface area contributed by atoms with Crippen molar-refractivity contribution in [2.45, 2.75) is 27.2 Å². The number of hydrogen-bond acceptors (Lipinski definition) is 4. The Labute approximate surface area is 131 Å². The number of anilines is 2. The first-order chi connectivity index (χ1) is 10.6. The summed E-state index contributed by atoms with van der Waals surface area (Å²) in [5, 5.41) is 6.11.